The summed E-state index contributed by atoms with van der Waals surface area (Å²) in [5.74, 6) is -0.162. The first-order valence-corrected chi connectivity index (χ1v) is 7.42. The molecule has 0 radical (unpaired) electrons. The van der Waals surface area contributed by atoms with Gasteiger partial charge in [0.2, 0.25) is 5.60 Å². The van der Waals surface area contributed by atoms with Gasteiger partial charge in [-0.15, -0.1) is 0 Å². The maximum Gasteiger partial charge on any atom is 0.295 e. The third-order valence-corrected chi connectivity index (χ3v) is 4.63. The number of Topliss-reactive ketones (excluding diaryl/α,β-unsaturated/α-hetero) is 1. The number of benzene rings is 1. The summed E-state index contributed by atoms with van der Waals surface area (Å²) >= 11 is 5.88. The Morgan fingerprint density at radius 2 is 2.09 bits per heavy atom. The van der Waals surface area contributed by atoms with E-state index in [0.29, 0.717) is 23.6 Å². The molecule has 1 spiro atoms. The highest BCUT2D eigenvalue weighted by Crippen LogP contribution is 2.44. The standard InChI is InChI=1S/C15H15ClN2O4/c1-9-14(18(20)21)15(22-17-9)7-11(6-13(19)8-15)10-2-4-12(16)5-3-10/h2-5,11,14H,6-8H2,1H3/t11-,14+,15-/m1/s1. The van der Waals surface area contributed by atoms with Crippen LogP contribution in [0.5, 0.6) is 0 Å². The molecule has 0 N–H and O–H groups in total. The molecule has 1 saturated carbocycles. The summed E-state index contributed by atoms with van der Waals surface area (Å²) in [6.45, 7) is 1.57. The van der Waals surface area contributed by atoms with Gasteiger partial charge in [0.25, 0.3) is 6.04 Å². The van der Waals surface area contributed by atoms with E-state index in [1.165, 1.54) is 0 Å². The highest BCUT2D eigenvalue weighted by atomic mass is 35.5. The average Bonchev–Trinajstić information content (AvgIpc) is 2.75. The van der Waals surface area contributed by atoms with E-state index >= 15 is 0 Å². The minimum atomic E-state index is -1.16. The molecule has 1 aromatic rings. The molecule has 1 fully saturated rings. The van der Waals surface area contributed by atoms with E-state index in [1.807, 2.05) is 12.1 Å². The molecule has 1 aliphatic heterocycles. The fourth-order valence-corrected chi connectivity index (χ4v) is 3.60. The molecule has 6 nitrogen and oxygen atoms in total. The maximum atomic E-state index is 12.2. The van der Waals surface area contributed by atoms with Crippen LogP contribution in [-0.2, 0) is 9.63 Å². The number of ketones is 1. The van der Waals surface area contributed by atoms with Gasteiger partial charge in [-0.2, -0.15) is 0 Å². The Bertz CT molecular complexity index is 658. The predicted molar refractivity (Wildman–Crippen MR) is 80.8 cm³/mol. The van der Waals surface area contributed by atoms with Crippen molar-refractivity contribution in [3.63, 3.8) is 0 Å². The van der Waals surface area contributed by atoms with Crippen molar-refractivity contribution in [1.29, 1.82) is 0 Å². The normalized spacial score (nSPS) is 31.0. The van der Waals surface area contributed by atoms with E-state index in [1.54, 1.807) is 19.1 Å². The van der Waals surface area contributed by atoms with Gasteiger partial charge in [0.1, 0.15) is 11.5 Å². The van der Waals surface area contributed by atoms with Crippen LogP contribution in [0.3, 0.4) is 0 Å². The van der Waals surface area contributed by atoms with E-state index < -0.39 is 16.6 Å². The summed E-state index contributed by atoms with van der Waals surface area (Å²) in [6.07, 6.45) is 0.784. The molecule has 0 saturated heterocycles. The molecule has 0 aromatic heterocycles. The number of carbonyl (C=O) groups excluding carboxylic acids is 1. The Hall–Kier alpha value is -1.95. The van der Waals surface area contributed by atoms with Gasteiger partial charge in [-0.25, -0.2) is 0 Å². The molecular weight excluding hydrogens is 308 g/mol. The molecule has 0 unspecified atom stereocenters. The van der Waals surface area contributed by atoms with Gasteiger partial charge in [0.15, 0.2) is 0 Å². The van der Waals surface area contributed by atoms with Gasteiger partial charge in [0.05, 0.1) is 6.42 Å². The Labute approximate surface area is 132 Å². The first-order chi connectivity index (χ1) is 10.4. The van der Waals surface area contributed by atoms with Crippen molar-refractivity contribution < 1.29 is 14.6 Å². The molecular formula is C15H15ClN2O4. The van der Waals surface area contributed by atoms with Gasteiger partial charge in [-0.1, -0.05) is 28.9 Å². The summed E-state index contributed by atoms with van der Waals surface area (Å²) in [5.41, 5.74) is 0.0920. The van der Waals surface area contributed by atoms with Crippen LogP contribution in [0.4, 0.5) is 0 Å². The number of halogens is 1. The van der Waals surface area contributed by atoms with Crippen molar-refractivity contribution in [3.8, 4) is 0 Å². The van der Waals surface area contributed by atoms with E-state index in [4.69, 9.17) is 16.4 Å². The molecule has 1 heterocycles. The number of rotatable bonds is 2. The summed E-state index contributed by atoms with van der Waals surface area (Å²) < 4.78 is 0. The molecule has 7 heteroatoms. The molecule has 116 valence electrons. The topological polar surface area (TPSA) is 81.8 Å². The van der Waals surface area contributed by atoms with E-state index in [-0.39, 0.29) is 18.1 Å². The third kappa shape index (κ3) is 2.47. The van der Waals surface area contributed by atoms with E-state index in [0.717, 1.165) is 5.56 Å². The summed E-state index contributed by atoms with van der Waals surface area (Å²) in [5, 5.41) is 15.8. The lowest BCUT2D eigenvalue weighted by Gasteiger charge is -2.35. The lowest BCUT2D eigenvalue weighted by atomic mass is 9.71. The Morgan fingerprint density at radius 3 is 2.73 bits per heavy atom. The van der Waals surface area contributed by atoms with Crippen molar-refractivity contribution in [2.45, 2.75) is 43.7 Å². The summed E-state index contributed by atoms with van der Waals surface area (Å²) in [6, 6.07) is 6.15. The molecule has 0 bridgehead atoms. The maximum absolute atomic E-state index is 12.2. The Morgan fingerprint density at radius 1 is 1.41 bits per heavy atom. The van der Waals surface area contributed by atoms with Gasteiger partial charge in [-0.3, -0.25) is 14.9 Å². The molecule has 3 rings (SSSR count). The Kier molecular flexibility index (Phi) is 3.64. The monoisotopic (exact) mass is 322 g/mol. The average molecular weight is 323 g/mol. The highest BCUT2D eigenvalue weighted by Gasteiger charge is 2.59. The van der Waals surface area contributed by atoms with Crippen molar-refractivity contribution >= 4 is 23.1 Å². The predicted octanol–water partition coefficient (Wildman–Crippen LogP) is 2.97. The van der Waals surface area contributed by atoms with Crippen LogP contribution in [0.2, 0.25) is 5.02 Å². The number of nitrogens with zero attached hydrogens (tertiary/aromatic N) is 2. The van der Waals surface area contributed by atoms with Gasteiger partial charge in [-0.05, 0) is 30.5 Å². The molecule has 2 aliphatic rings. The zero-order valence-corrected chi connectivity index (χ0v) is 12.7. The van der Waals surface area contributed by atoms with Crippen molar-refractivity contribution in [3.05, 3.63) is 45.0 Å². The van der Waals surface area contributed by atoms with E-state index in [2.05, 4.69) is 5.16 Å². The van der Waals surface area contributed by atoms with Crippen molar-refractivity contribution in [2.24, 2.45) is 5.16 Å². The van der Waals surface area contributed by atoms with E-state index in [9.17, 15) is 14.9 Å². The zero-order chi connectivity index (χ0) is 15.9. The first-order valence-electron chi connectivity index (χ1n) is 7.04. The number of hydrogen-bond acceptors (Lipinski definition) is 5. The molecule has 1 aromatic carbocycles. The van der Waals surface area contributed by atoms with Crippen LogP contribution >= 0.6 is 11.6 Å². The zero-order valence-electron chi connectivity index (χ0n) is 12.0. The van der Waals surface area contributed by atoms with Crippen molar-refractivity contribution in [1.82, 2.24) is 0 Å². The SMILES string of the molecule is CC1=NO[C@]2(CC(=O)C[C@@H](c3ccc(Cl)cc3)C2)[C@H]1[N+](=O)[O-]. The second kappa shape index (κ2) is 5.35. The van der Waals surface area contributed by atoms with Crippen LogP contribution in [0, 0.1) is 10.1 Å². The molecule has 3 atom stereocenters. The number of nitro groups is 1. The van der Waals surface area contributed by atoms with Crippen LogP contribution in [-0.4, -0.2) is 28.1 Å². The molecule has 0 amide bonds. The number of carbonyl (C=O) groups is 1. The van der Waals surface area contributed by atoms with Gasteiger partial charge >= 0.3 is 0 Å². The van der Waals surface area contributed by atoms with Crippen LogP contribution in [0.15, 0.2) is 29.4 Å². The minimum Gasteiger partial charge on any atom is -0.381 e. The number of oxime groups is 1. The number of hydrogen-bond donors (Lipinski definition) is 0. The first kappa shape index (κ1) is 15.0. The Balaban J connectivity index is 1.92. The highest BCUT2D eigenvalue weighted by molar-refractivity contribution is 6.30. The largest absolute Gasteiger partial charge is 0.381 e. The fourth-order valence-electron chi connectivity index (χ4n) is 3.48. The third-order valence-electron chi connectivity index (χ3n) is 4.38. The second-order valence-corrected chi connectivity index (χ2v) is 6.39. The quantitative estimate of drug-likeness (QED) is 0.619. The lowest BCUT2D eigenvalue weighted by Crippen LogP contribution is -2.52. The lowest BCUT2D eigenvalue weighted by molar-refractivity contribution is -0.523. The van der Waals surface area contributed by atoms with Gasteiger partial charge < -0.3 is 4.84 Å². The van der Waals surface area contributed by atoms with Crippen molar-refractivity contribution in [2.75, 3.05) is 0 Å². The smallest absolute Gasteiger partial charge is 0.295 e. The summed E-state index contributed by atoms with van der Waals surface area (Å²) in [4.78, 5) is 28.6. The molecule has 1 aliphatic carbocycles. The fraction of sp³-hybridized carbons (Fsp3) is 0.467. The minimum absolute atomic E-state index is 0.0313. The van der Waals surface area contributed by atoms with Gasteiger partial charge in [0, 0.05) is 22.8 Å². The van der Waals surface area contributed by atoms with Crippen LogP contribution in [0.25, 0.3) is 0 Å². The molecule has 22 heavy (non-hydrogen) atoms. The van der Waals surface area contributed by atoms with Crippen LogP contribution in [0.1, 0.15) is 37.7 Å². The second-order valence-electron chi connectivity index (χ2n) is 5.95. The van der Waals surface area contributed by atoms with Crippen LogP contribution < -0.4 is 0 Å². The summed E-state index contributed by atoms with van der Waals surface area (Å²) in [7, 11) is 0.